The standard InChI is InChI=1S/C18H29FN2/c1-13(2)16-7-6-10-21(16)17-9-8-15(19)11-14(17)12-20-18(3,4)5/h8-9,11,13,16,20H,6-7,10,12H2,1-5H3. The van der Waals surface area contributed by atoms with Gasteiger partial charge in [0.15, 0.2) is 0 Å². The molecule has 0 aromatic heterocycles. The van der Waals surface area contributed by atoms with E-state index in [0.29, 0.717) is 18.5 Å². The predicted octanol–water partition coefficient (Wildman–Crippen LogP) is 4.34. The van der Waals surface area contributed by atoms with Gasteiger partial charge >= 0.3 is 0 Å². The van der Waals surface area contributed by atoms with E-state index in [1.54, 1.807) is 12.1 Å². The maximum atomic E-state index is 13.7. The smallest absolute Gasteiger partial charge is 0.123 e. The first-order chi connectivity index (χ1) is 9.78. The molecular weight excluding hydrogens is 263 g/mol. The lowest BCUT2D eigenvalue weighted by atomic mass is 10.0. The van der Waals surface area contributed by atoms with Gasteiger partial charge in [-0.15, -0.1) is 0 Å². The number of halogens is 1. The molecule has 2 rings (SSSR count). The van der Waals surface area contributed by atoms with Crippen LogP contribution in [0.4, 0.5) is 10.1 Å². The molecule has 0 radical (unpaired) electrons. The lowest BCUT2D eigenvalue weighted by Crippen LogP contribution is -2.37. The summed E-state index contributed by atoms with van der Waals surface area (Å²) in [6, 6.07) is 5.80. The summed E-state index contributed by atoms with van der Waals surface area (Å²) in [7, 11) is 0. The van der Waals surface area contributed by atoms with Crippen molar-refractivity contribution in [2.75, 3.05) is 11.4 Å². The minimum Gasteiger partial charge on any atom is -0.368 e. The van der Waals surface area contributed by atoms with Gasteiger partial charge < -0.3 is 10.2 Å². The second kappa shape index (κ2) is 6.35. The molecule has 1 atom stereocenters. The molecule has 1 saturated heterocycles. The van der Waals surface area contributed by atoms with E-state index in [0.717, 1.165) is 12.1 Å². The second-order valence-corrected chi connectivity index (χ2v) is 7.52. The third kappa shape index (κ3) is 4.19. The van der Waals surface area contributed by atoms with E-state index in [2.05, 4.69) is 44.8 Å². The molecule has 1 aromatic rings. The summed E-state index contributed by atoms with van der Waals surface area (Å²) in [5.74, 6) is 0.478. The summed E-state index contributed by atoms with van der Waals surface area (Å²) in [4.78, 5) is 2.48. The van der Waals surface area contributed by atoms with Gasteiger partial charge in [-0.2, -0.15) is 0 Å². The maximum Gasteiger partial charge on any atom is 0.123 e. The van der Waals surface area contributed by atoms with Gasteiger partial charge in [-0.05, 0) is 63.3 Å². The number of nitrogens with zero attached hydrogens (tertiary/aromatic N) is 1. The van der Waals surface area contributed by atoms with Crippen LogP contribution in [0, 0.1) is 11.7 Å². The van der Waals surface area contributed by atoms with Gasteiger partial charge in [-0.3, -0.25) is 0 Å². The topological polar surface area (TPSA) is 15.3 Å². The van der Waals surface area contributed by atoms with E-state index in [9.17, 15) is 4.39 Å². The monoisotopic (exact) mass is 292 g/mol. The molecule has 1 N–H and O–H groups in total. The van der Waals surface area contributed by atoms with Crippen molar-refractivity contribution < 1.29 is 4.39 Å². The first-order valence-corrected chi connectivity index (χ1v) is 8.08. The van der Waals surface area contributed by atoms with Crippen molar-refractivity contribution in [1.29, 1.82) is 0 Å². The third-order valence-electron chi connectivity index (χ3n) is 4.23. The minimum atomic E-state index is -0.148. The minimum absolute atomic E-state index is 0.0338. The first kappa shape index (κ1) is 16.3. The van der Waals surface area contributed by atoms with Crippen LogP contribution in [-0.4, -0.2) is 18.1 Å². The van der Waals surface area contributed by atoms with E-state index in [1.165, 1.54) is 18.5 Å². The van der Waals surface area contributed by atoms with E-state index in [1.807, 2.05) is 6.07 Å². The van der Waals surface area contributed by atoms with Crippen molar-refractivity contribution in [1.82, 2.24) is 5.32 Å². The molecule has 1 aliphatic heterocycles. The van der Waals surface area contributed by atoms with E-state index in [-0.39, 0.29) is 11.4 Å². The third-order valence-corrected chi connectivity index (χ3v) is 4.23. The van der Waals surface area contributed by atoms with Crippen LogP contribution in [0.15, 0.2) is 18.2 Å². The van der Waals surface area contributed by atoms with Crippen LogP contribution in [0.5, 0.6) is 0 Å². The average molecular weight is 292 g/mol. The quantitative estimate of drug-likeness (QED) is 0.888. The van der Waals surface area contributed by atoms with Gasteiger partial charge in [0.25, 0.3) is 0 Å². The highest BCUT2D eigenvalue weighted by atomic mass is 19.1. The fraction of sp³-hybridized carbons (Fsp3) is 0.667. The van der Waals surface area contributed by atoms with Crippen molar-refractivity contribution >= 4 is 5.69 Å². The van der Waals surface area contributed by atoms with Crippen molar-refractivity contribution in [2.24, 2.45) is 5.92 Å². The van der Waals surface area contributed by atoms with Gasteiger partial charge in [0.2, 0.25) is 0 Å². The average Bonchev–Trinajstić information content (AvgIpc) is 2.84. The predicted molar refractivity (Wildman–Crippen MR) is 88.2 cm³/mol. The van der Waals surface area contributed by atoms with Crippen LogP contribution < -0.4 is 10.2 Å². The van der Waals surface area contributed by atoms with Crippen LogP contribution in [0.25, 0.3) is 0 Å². The molecule has 0 saturated carbocycles. The second-order valence-electron chi connectivity index (χ2n) is 7.52. The van der Waals surface area contributed by atoms with Gasteiger partial charge in [0, 0.05) is 30.4 Å². The fourth-order valence-electron chi connectivity index (χ4n) is 3.12. The number of rotatable bonds is 4. The number of hydrogen-bond donors (Lipinski definition) is 1. The summed E-state index contributed by atoms with van der Waals surface area (Å²) in [5.41, 5.74) is 2.30. The number of nitrogens with one attached hydrogen (secondary N) is 1. The molecule has 1 aliphatic rings. The Morgan fingerprint density at radius 2 is 2.05 bits per heavy atom. The van der Waals surface area contributed by atoms with Crippen LogP contribution in [-0.2, 0) is 6.54 Å². The van der Waals surface area contributed by atoms with Crippen molar-refractivity contribution in [2.45, 2.75) is 65.6 Å². The molecular formula is C18H29FN2. The van der Waals surface area contributed by atoms with Gasteiger partial charge in [0.1, 0.15) is 5.82 Å². The Labute approximate surface area is 128 Å². The van der Waals surface area contributed by atoms with Crippen molar-refractivity contribution in [3.8, 4) is 0 Å². The molecule has 3 heteroatoms. The highest BCUT2D eigenvalue weighted by Gasteiger charge is 2.28. The zero-order chi connectivity index (χ0) is 15.6. The summed E-state index contributed by atoms with van der Waals surface area (Å²) in [5, 5.41) is 3.48. The molecule has 0 amide bonds. The van der Waals surface area contributed by atoms with Crippen molar-refractivity contribution in [3.05, 3.63) is 29.6 Å². The molecule has 118 valence electrons. The zero-order valence-corrected chi connectivity index (χ0v) is 14.0. The molecule has 1 aromatic carbocycles. The van der Waals surface area contributed by atoms with E-state index < -0.39 is 0 Å². The number of hydrogen-bond acceptors (Lipinski definition) is 2. The molecule has 1 unspecified atom stereocenters. The number of benzene rings is 1. The molecule has 1 fully saturated rings. The van der Waals surface area contributed by atoms with Gasteiger partial charge in [-0.1, -0.05) is 13.8 Å². The summed E-state index contributed by atoms with van der Waals surface area (Å²) in [6.45, 7) is 12.8. The molecule has 0 spiro atoms. The Morgan fingerprint density at radius 1 is 1.33 bits per heavy atom. The van der Waals surface area contributed by atoms with Gasteiger partial charge in [-0.25, -0.2) is 4.39 Å². The highest BCUT2D eigenvalue weighted by molar-refractivity contribution is 5.55. The highest BCUT2D eigenvalue weighted by Crippen LogP contribution is 2.32. The molecule has 21 heavy (non-hydrogen) atoms. The molecule has 0 bridgehead atoms. The summed E-state index contributed by atoms with van der Waals surface area (Å²) >= 11 is 0. The maximum absolute atomic E-state index is 13.7. The Hall–Kier alpha value is -1.09. The fourth-order valence-corrected chi connectivity index (χ4v) is 3.12. The van der Waals surface area contributed by atoms with E-state index >= 15 is 0 Å². The Balaban J connectivity index is 2.26. The van der Waals surface area contributed by atoms with Crippen LogP contribution in [0.1, 0.15) is 53.0 Å². The van der Waals surface area contributed by atoms with Crippen LogP contribution >= 0.6 is 0 Å². The molecule has 0 aliphatic carbocycles. The van der Waals surface area contributed by atoms with Crippen LogP contribution in [0.3, 0.4) is 0 Å². The van der Waals surface area contributed by atoms with Gasteiger partial charge in [0.05, 0.1) is 0 Å². The summed E-state index contributed by atoms with van der Waals surface area (Å²) in [6.07, 6.45) is 2.47. The largest absolute Gasteiger partial charge is 0.368 e. The molecule has 1 heterocycles. The normalized spacial score (nSPS) is 19.6. The van der Waals surface area contributed by atoms with E-state index in [4.69, 9.17) is 0 Å². The van der Waals surface area contributed by atoms with Crippen molar-refractivity contribution in [3.63, 3.8) is 0 Å². The molecule has 2 nitrogen and oxygen atoms in total. The lowest BCUT2D eigenvalue weighted by Gasteiger charge is -2.32. The summed E-state index contributed by atoms with van der Waals surface area (Å²) < 4.78 is 13.7. The SMILES string of the molecule is CC(C)C1CCCN1c1ccc(F)cc1CNC(C)(C)C. The zero-order valence-electron chi connectivity index (χ0n) is 14.0. The first-order valence-electron chi connectivity index (χ1n) is 8.08. The van der Waals surface area contributed by atoms with Crippen LogP contribution in [0.2, 0.25) is 0 Å². The Morgan fingerprint density at radius 3 is 2.67 bits per heavy atom. The Bertz CT molecular complexity index is 477. The number of anilines is 1. The Kier molecular flexibility index (Phi) is 4.92. The lowest BCUT2D eigenvalue weighted by molar-refractivity contribution is 0.422.